The first-order chi connectivity index (χ1) is 8.19. The first-order valence-corrected chi connectivity index (χ1v) is 5.88. The fourth-order valence-corrected chi connectivity index (χ4v) is 1.46. The van der Waals surface area contributed by atoms with Gasteiger partial charge in [0.25, 0.3) is 0 Å². The van der Waals surface area contributed by atoms with Crippen molar-refractivity contribution in [3.63, 3.8) is 0 Å². The summed E-state index contributed by atoms with van der Waals surface area (Å²) >= 11 is 0. The number of hydrogen-bond acceptors (Lipinski definition) is 5. The quantitative estimate of drug-likeness (QED) is 0.603. The summed E-state index contributed by atoms with van der Waals surface area (Å²) in [6.07, 6.45) is -1.54. The van der Waals surface area contributed by atoms with Gasteiger partial charge in [-0.05, 0) is 20.8 Å². The topological polar surface area (TPSA) is 105 Å². The molecule has 1 aliphatic heterocycles. The first kappa shape index (κ1) is 14.7. The van der Waals surface area contributed by atoms with Gasteiger partial charge in [0, 0.05) is 25.7 Å². The number of rotatable bonds is 4. The first-order valence-electron chi connectivity index (χ1n) is 5.88. The number of amides is 2. The van der Waals surface area contributed by atoms with E-state index in [1.54, 1.807) is 4.90 Å². The van der Waals surface area contributed by atoms with Crippen molar-refractivity contribution in [3.05, 3.63) is 0 Å². The normalized spacial score (nSPS) is 18.1. The standard InChI is InChI=1S/C11H21N3O4/c1-11(2,3)18-10(17)14-5-7(6-14)13-4-8(15)9(12)16/h7-8,13,15H,4-6H2,1-3H3,(H2,12,16). The Bertz CT molecular complexity index is 321. The van der Waals surface area contributed by atoms with Gasteiger partial charge in [-0.1, -0.05) is 0 Å². The second kappa shape index (κ2) is 5.53. The van der Waals surface area contributed by atoms with Crippen LogP contribution >= 0.6 is 0 Å². The molecule has 0 aromatic carbocycles. The monoisotopic (exact) mass is 259 g/mol. The molecule has 0 aromatic heterocycles. The molecule has 1 atom stereocenters. The molecule has 0 aliphatic carbocycles. The second-order valence-corrected chi connectivity index (χ2v) is 5.41. The summed E-state index contributed by atoms with van der Waals surface area (Å²) in [5.41, 5.74) is 4.41. The summed E-state index contributed by atoms with van der Waals surface area (Å²) in [7, 11) is 0. The summed E-state index contributed by atoms with van der Waals surface area (Å²) in [5.74, 6) is -0.758. The van der Waals surface area contributed by atoms with E-state index < -0.39 is 17.6 Å². The van der Waals surface area contributed by atoms with E-state index in [0.29, 0.717) is 13.1 Å². The Labute approximate surface area is 106 Å². The van der Waals surface area contributed by atoms with Crippen LogP contribution in [0.4, 0.5) is 4.79 Å². The molecule has 104 valence electrons. The van der Waals surface area contributed by atoms with Gasteiger partial charge in [0.15, 0.2) is 0 Å². The van der Waals surface area contributed by atoms with Gasteiger partial charge >= 0.3 is 6.09 Å². The molecule has 2 amide bonds. The van der Waals surface area contributed by atoms with Crippen LogP contribution in [0.2, 0.25) is 0 Å². The lowest BCUT2D eigenvalue weighted by Gasteiger charge is -2.40. The average molecular weight is 259 g/mol. The minimum atomic E-state index is -1.19. The fourth-order valence-electron chi connectivity index (χ4n) is 1.46. The summed E-state index contributed by atoms with van der Waals surface area (Å²) in [6.45, 7) is 6.53. The number of likely N-dealkylation sites (tertiary alicyclic amines) is 1. The number of aliphatic hydroxyl groups is 1. The van der Waals surface area contributed by atoms with Crippen LogP contribution in [0, 0.1) is 0 Å². The van der Waals surface area contributed by atoms with Crippen LogP contribution in [0.3, 0.4) is 0 Å². The van der Waals surface area contributed by atoms with Crippen LogP contribution in [0.25, 0.3) is 0 Å². The Morgan fingerprint density at radius 2 is 2.06 bits per heavy atom. The molecule has 1 fully saturated rings. The highest BCUT2D eigenvalue weighted by Gasteiger charge is 2.33. The Hall–Kier alpha value is -1.34. The Kier molecular flexibility index (Phi) is 4.53. The molecule has 0 radical (unpaired) electrons. The number of ether oxygens (including phenoxy) is 1. The lowest BCUT2D eigenvalue weighted by Crippen LogP contribution is -2.61. The van der Waals surface area contributed by atoms with Gasteiger partial charge in [-0.15, -0.1) is 0 Å². The van der Waals surface area contributed by atoms with Crippen LogP contribution in [-0.4, -0.2) is 59.4 Å². The number of nitrogens with two attached hydrogens (primary N) is 1. The van der Waals surface area contributed by atoms with E-state index in [4.69, 9.17) is 10.5 Å². The summed E-state index contributed by atoms with van der Waals surface area (Å²) in [6, 6.07) is 0.0616. The predicted molar refractivity (Wildman–Crippen MR) is 64.8 cm³/mol. The van der Waals surface area contributed by atoms with Gasteiger partial charge in [-0.25, -0.2) is 4.79 Å². The Morgan fingerprint density at radius 1 is 1.50 bits per heavy atom. The molecule has 1 rings (SSSR count). The molecule has 4 N–H and O–H groups in total. The number of carbonyl (C=O) groups excluding carboxylic acids is 2. The number of nitrogens with one attached hydrogen (secondary N) is 1. The number of aliphatic hydroxyl groups excluding tert-OH is 1. The molecule has 0 spiro atoms. The third-order valence-corrected chi connectivity index (χ3v) is 2.46. The smallest absolute Gasteiger partial charge is 0.410 e. The van der Waals surface area contributed by atoms with E-state index >= 15 is 0 Å². The number of nitrogens with zero attached hydrogens (tertiary/aromatic N) is 1. The molecule has 1 unspecified atom stereocenters. The lowest BCUT2D eigenvalue weighted by atomic mass is 10.1. The Balaban J connectivity index is 2.20. The van der Waals surface area contributed by atoms with E-state index in [1.807, 2.05) is 20.8 Å². The summed E-state index contributed by atoms with van der Waals surface area (Å²) < 4.78 is 5.19. The maximum Gasteiger partial charge on any atom is 0.410 e. The molecular weight excluding hydrogens is 238 g/mol. The minimum Gasteiger partial charge on any atom is -0.444 e. The third kappa shape index (κ3) is 4.50. The van der Waals surface area contributed by atoms with Crippen molar-refractivity contribution in [1.82, 2.24) is 10.2 Å². The minimum absolute atomic E-state index is 0.0616. The molecule has 1 aliphatic rings. The highest BCUT2D eigenvalue weighted by Crippen LogP contribution is 2.14. The maximum atomic E-state index is 11.6. The zero-order valence-electron chi connectivity index (χ0n) is 11.0. The van der Waals surface area contributed by atoms with Gasteiger partial charge in [0.05, 0.1) is 0 Å². The van der Waals surface area contributed by atoms with Gasteiger partial charge in [-0.2, -0.15) is 0 Å². The van der Waals surface area contributed by atoms with Crippen molar-refractivity contribution < 1.29 is 19.4 Å². The predicted octanol–water partition coefficient (Wildman–Crippen LogP) is -0.958. The molecule has 7 nitrogen and oxygen atoms in total. The van der Waals surface area contributed by atoms with Crippen LogP contribution < -0.4 is 11.1 Å². The van der Waals surface area contributed by atoms with Gasteiger partial charge < -0.3 is 25.8 Å². The van der Waals surface area contributed by atoms with E-state index in [0.717, 1.165) is 0 Å². The molecule has 7 heteroatoms. The van der Waals surface area contributed by atoms with Crippen molar-refractivity contribution in [2.45, 2.75) is 38.5 Å². The number of primary amides is 1. The zero-order chi connectivity index (χ0) is 13.9. The van der Waals surface area contributed by atoms with Crippen molar-refractivity contribution in [1.29, 1.82) is 0 Å². The van der Waals surface area contributed by atoms with Gasteiger partial charge in [0.1, 0.15) is 11.7 Å². The number of hydrogen-bond donors (Lipinski definition) is 3. The highest BCUT2D eigenvalue weighted by molar-refractivity contribution is 5.78. The summed E-state index contributed by atoms with van der Waals surface area (Å²) in [4.78, 5) is 23.7. The molecule has 0 saturated carbocycles. The zero-order valence-corrected chi connectivity index (χ0v) is 11.0. The molecule has 0 bridgehead atoms. The van der Waals surface area contributed by atoms with Crippen molar-refractivity contribution in [2.75, 3.05) is 19.6 Å². The fraction of sp³-hybridized carbons (Fsp3) is 0.818. The molecule has 1 heterocycles. The molecule has 18 heavy (non-hydrogen) atoms. The van der Waals surface area contributed by atoms with Crippen molar-refractivity contribution >= 4 is 12.0 Å². The molecule has 0 aromatic rings. The van der Waals surface area contributed by atoms with E-state index in [1.165, 1.54) is 0 Å². The molecular formula is C11H21N3O4. The Morgan fingerprint density at radius 3 is 2.50 bits per heavy atom. The molecule has 1 saturated heterocycles. The van der Waals surface area contributed by atoms with Crippen LogP contribution in [0.15, 0.2) is 0 Å². The summed E-state index contributed by atoms with van der Waals surface area (Å²) in [5, 5.41) is 12.1. The van der Waals surface area contributed by atoms with E-state index in [2.05, 4.69) is 5.32 Å². The highest BCUT2D eigenvalue weighted by atomic mass is 16.6. The average Bonchev–Trinajstić information content (AvgIpc) is 2.11. The number of carbonyl (C=O) groups is 2. The third-order valence-electron chi connectivity index (χ3n) is 2.46. The van der Waals surface area contributed by atoms with Crippen LogP contribution in [-0.2, 0) is 9.53 Å². The van der Waals surface area contributed by atoms with Crippen molar-refractivity contribution in [2.24, 2.45) is 5.73 Å². The lowest BCUT2D eigenvalue weighted by molar-refractivity contribution is -0.125. The van der Waals surface area contributed by atoms with Gasteiger partial charge in [0.2, 0.25) is 5.91 Å². The maximum absolute atomic E-state index is 11.6. The SMILES string of the molecule is CC(C)(C)OC(=O)N1CC(NCC(O)C(N)=O)C1. The van der Waals surface area contributed by atoms with Crippen LogP contribution in [0.5, 0.6) is 0 Å². The van der Waals surface area contributed by atoms with E-state index in [-0.39, 0.29) is 18.7 Å². The van der Waals surface area contributed by atoms with Crippen molar-refractivity contribution in [3.8, 4) is 0 Å². The van der Waals surface area contributed by atoms with E-state index in [9.17, 15) is 14.7 Å². The van der Waals surface area contributed by atoms with Gasteiger partial charge in [-0.3, -0.25) is 4.79 Å². The second-order valence-electron chi connectivity index (χ2n) is 5.41. The van der Waals surface area contributed by atoms with Crippen LogP contribution in [0.1, 0.15) is 20.8 Å². The largest absolute Gasteiger partial charge is 0.444 e.